The van der Waals surface area contributed by atoms with Crippen LogP contribution < -0.4 is 10.6 Å². The average Bonchev–Trinajstić information content (AvgIpc) is 3.15. The van der Waals surface area contributed by atoms with Crippen molar-refractivity contribution in [3.63, 3.8) is 0 Å². The topological polar surface area (TPSA) is 47.6 Å². The number of likely N-dealkylation sites (tertiary alicyclic amines) is 1. The zero-order valence-corrected chi connectivity index (χ0v) is 22.1. The lowest BCUT2D eigenvalue weighted by atomic mass is 9.95. The van der Waals surface area contributed by atoms with E-state index in [2.05, 4.69) is 15.5 Å². The first-order valence-electron chi connectivity index (χ1n) is 12.6. The minimum Gasteiger partial charge on any atom is -0.358 e. The second-order valence-corrected chi connectivity index (χ2v) is 10.5. The van der Waals surface area contributed by atoms with Gasteiger partial charge in [0.1, 0.15) is 5.82 Å². The zero-order chi connectivity index (χ0) is 25.8. The summed E-state index contributed by atoms with van der Waals surface area (Å²) in [6.45, 7) is 2.24. The molecule has 5 nitrogen and oxygen atoms in total. The third kappa shape index (κ3) is 5.79. The summed E-state index contributed by atoms with van der Waals surface area (Å²) < 4.78 is 14.6. The molecule has 3 aromatic rings. The number of piperidine rings is 1. The molecule has 2 saturated heterocycles. The van der Waals surface area contributed by atoms with Crippen molar-refractivity contribution in [2.24, 2.45) is 0 Å². The molecular weight excluding hydrogens is 507 g/mol. The molecule has 1 unspecified atom stereocenters. The van der Waals surface area contributed by atoms with Crippen LogP contribution in [0, 0.1) is 5.82 Å². The molecule has 0 radical (unpaired) electrons. The molecule has 192 valence electrons. The van der Waals surface area contributed by atoms with Gasteiger partial charge >= 0.3 is 0 Å². The lowest BCUT2D eigenvalue weighted by Crippen LogP contribution is -2.60. The lowest BCUT2D eigenvalue weighted by molar-refractivity contribution is -0.134. The van der Waals surface area contributed by atoms with Crippen molar-refractivity contribution >= 4 is 34.8 Å². The summed E-state index contributed by atoms with van der Waals surface area (Å²) in [5, 5.41) is 8.40. The van der Waals surface area contributed by atoms with Crippen molar-refractivity contribution in [2.45, 2.75) is 44.1 Å². The summed E-state index contributed by atoms with van der Waals surface area (Å²) in [4.78, 5) is 17.7. The van der Waals surface area contributed by atoms with Crippen LogP contribution in [0.4, 0.5) is 4.39 Å². The summed E-state index contributed by atoms with van der Waals surface area (Å²) in [5.74, 6) is -0.272. The van der Waals surface area contributed by atoms with Gasteiger partial charge in [-0.1, -0.05) is 72.3 Å². The van der Waals surface area contributed by atoms with E-state index in [1.54, 1.807) is 12.1 Å². The number of nitrogens with one attached hydrogen (secondary N) is 2. The Hall–Kier alpha value is -3.00. The minimum absolute atomic E-state index is 0.0176. The molecule has 0 bridgehead atoms. The molecule has 5 rings (SSSR count). The number of thiocarbonyl (C=S) groups is 1. The Morgan fingerprint density at radius 1 is 1.00 bits per heavy atom. The largest absolute Gasteiger partial charge is 0.358 e. The molecule has 8 heteroatoms. The molecule has 2 fully saturated rings. The molecule has 1 spiro atoms. The Bertz CT molecular complexity index is 1250. The van der Waals surface area contributed by atoms with Crippen LogP contribution in [0.5, 0.6) is 0 Å². The van der Waals surface area contributed by atoms with Gasteiger partial charge in [0.15, 0.2) is 5.11 Å². The molecule has 2 aliphatic rings. The van der Waals surface area contributed by atoms with E-state index in [1.807, 2.05) is 65.6 Å². The highest BCUT2D eigenvalue weighted by atomic mass is 35.5. The first-order valence-corrected chi connectivity index (χ1v) is 13.4. The van der Waals surface area contributed by atoms with Gasteiger partial charge in [0, 0.05) is 43.1 Å². The van der Waals surface area contributed by atoms with Gasteiger partial charge in [-0.3, -0.25) is 10.1 Å². The number of halogens is 2. The van der Waals surface area contributed by atoms with Gasteiger partial charge in [0.25, 0.3) is 0 Å². The fourth-order valence-electron chi connectivity index (χ4n) is 5.26. The third-order valence-corrected chi connectivity index (χ3v) is 7.98. The van der Waals surface area contributed by atoms with E-state index >= 15 is 0 Å². The summed E-state index contributed by atoms with van der Waals surface area (Å²) in [6.07, 6.45) is 1.99. The minimum atomic E-state index is -0.541. The van der Waals surface area contributed by atoms with E-state index in [9.17, 15) is 9.18 Å². The summed E-state index contributed by atoms with van der Waals surface area (Å²) in [7, 11) is 0. The maximum Gasteiger partial charge on any atom is 0.241 e. The quantitative estimate of drug-likeness (QED) is 0.439. The van der Waals surface area contributed by atoms with Gasteiger partial charge in [-0.05, 0) is 48.0 Å². The number of benzene rings is 3. The fourth-order valence-corrected chi connectivity index (χ4v) is 5.64. The van der Waals surface area contributed by atoms with E-state index in [0.717, 1.165) is 11.1 Å². The van der Waals surface area contributed by atoms with Gasteiger partial charge in [-0.25, -0.2) is 4.39 Å². The van der Waals surface area contributed by atoms with Crippen molar-refractivity contribution in [1.82, 2.24) is 20.4 Å². The predicted molar refractivity (Wildman–Crippen MR) is 148 cm³/mol. The smallest absolute Gasteiger partial charge is 0.241 e. The van der Waals surface area contributed by atoms with Crippen LogP contribution in [0.2, 0.25) is 5.02 Å². The number of carbonyl (C=O) groups excluding carboxylic acids is 1. The van der Waals surface area contributed by atoms with Crippen LogP contribution in [0.15, 0.2) is 78.9 Å². The highest BCUT2D eigenvalue weighted by Gasteiger charge is 2.51. The molecule has 0 aliphatic carbocycles. The SMILES string of the molecule is O=C1C(Cc2ccccc2)NC2(CCN(C(=S)NCc3ccc(Cl)cc3)CC2)N1Cc1ccccc1F. The highest BCUT2D eigenvalue weighted by Crippen LogP contribution is 2.35. The molecule has 2 N–H and O–H groups in total. The van der Waals surface area contributed by atoms with Gasteiger partial charge in [-0.2, -0.15) is 0 Å². The van der Waals surface area contributed by atoms with Crippen LogP contribution in [-0.2, 0) is 24.3 Å². The molecule has 37 heavy (non-hydrogen) atoms. The van der Waals surface area contributed by atoms with Crippen molar-refractivity contribution in [2.75, 3.05) is 13.1 Å². The number of rotatable bonds is 6. The fraction of sp³-hybridized carbons (Fsp3) is 0.310. The maximum absolute atomic E-state index is 14.6. The van der Waals surface area contributed by atoms with E-state index in [1.165, 1.54) is 6.07 Å². The van der Waals surface area contributed by atoms with Crippen LogP contribution in [0.3, 0.4) is 0 Å². The normalized spacial score (nSPS) is 18.9. The number of hydrogen-bond acceptors (Lipinski definition) is 3. The van der Waals surface area contributed by atoms with Gasteiger partial charge in [0.2, 0.25) is 5.91 Å². The number of nitrogens with zero attached hydrogens (tertiary/aromatic N) is 2. The summed E-state index contributed by atoms with van der Waals surface area (Å²) in [6, 6.07) is 24.0. The molecule has 2 heterocycles. The van der Waals surface area contributed by atoms with E-state index < -0.39 is 5.66 Å². The Kier molecular flexibility index (Phi) is 7.74. The first kappa shape index (κ1) is 25.6. The standard InChI is InChI=1S/C29H30ClFN4OS/c30-24-12-10-22(11-13-24)19-32-28(37)34-16-14-29(15-17-34)33-26(18-21-6-2-1-3-7-21)27(36)35(29)20-23-8-4-5-9-25(23)31/h1-13,26,33H,14-20H2,(H,32,37). The maximum atomic E-state index is 14.6. The average molecular weight is 537 g/mol. The van der Waals surface area contributed by atoms with Crippen molar-refractivity contribution < 1.29 is 9.18 Å². The van der Waals surface area contributed by atoms with Gasteiger partial charge < -0.3 is 15.1 Å². The van der Waals surface area contributed by atoms with E-state index in [4.69, 9.17) is 23.8 Å². The monoisotopic (exact) mass is 536 g/mol. The van der Waals surface area contributed by atoms with E-state index in [-0.39, 0.29) is 24.3 Å². The second kappa shape index (κ2) is 11.2. The Labute approximate surface area is 227 Å². The molecule has 0 saturated carbocycles. The Morgan fingerprint density at radius 3 is 2.38 bits per heavy atom. The van der Waals surface area contributed by atoms with Crippen molar-refractivity contribution in [3.8, 4) is 0 Å². The number of amides is 1. The summed E-state index contributed by atoms with van der Waals surface area (Å²) >= 11 is 11.7. The van der Waals surface area contributed by atoms with Crippen molar-refractivity contribution in [1.29, 1.82) is 0 Å². The van der Waals surface area contributed by atoms with Crippen LogP contribution in [0.25, 0.3) is 0 Å². The number of carbonyl (C=O) groups is 1. The summed E-state index contributed by atoms with van der Waals surface area (Å²) in [5.41, 5.74) is 2.19. The first-order chi connectivity index (χ1) is 17.9. The molecule has 1 atom stereocenters. The van der Waals surface area contributed by atoms with E-state index in [0.29, 0.717) is 54.6 Å². The molecule has 3 aromatic carbocycles. The van der Waals surface area contributed by atoms with Crippen LogP contribution >= 0.6 is 23.8 Å². The van der Waals surface area contributed by atoms with Crippen LogP contribution in [-0.4, -0.2) is 45.6 Å². The molecule has 0 aromatic heterocycles. The lowest BCUT2D eigenvalue weighted by Gasteiger charge is -2.45. The van der Waals surface area contributed by atoms with Crippen LogP contribution in [0.1, 0.15) is 29.5 Å². The second-order valence-electron chi connectivity index (χ2n) is 9.71. The molecule has 2 aliphatic heterocycles. The Balaban J connectivity index is 1.29. The van der Waals surface area contributed by atoms with Crippen molar-refractivity contribution in [3.05, 3.63) is 106 Å². The Morgan fingerprint density at radius 2 is 1.68 bits per heavy atom. The molecule has 1 amide bonds. The zero-order valence-electron chi connectivity index (χ0n) is 20.5. The highest BCUT2D eigenvalue weighted by molar-refractivity contribution is 7.80. The van der Waals surface area contributed by atoms with Gasteiger partial charge in [-0.15, -0.1) is 0 Å². The molecular formula is C29H30ClFN4OS. The number of hydrogen-bond donors (Lipinski definition) is 2. The third-order valence-electron chi connectivity index (χ3n) is 7.33. The van der Waals surface area contributed by atoms with Gasteiger partial charge in [0.05, 0.1) is 18.2 Å². The predicted octanol–water partition coefficient (Wildman–Crippen LogP) is 4.89.